The van der Waals surface area contributed by atoms with Gasteiger partial charge in [0.25, 0.3) is 0 Å². The third kappa shape index (κ3) is 5.24. The Labute approximate surface area is 216 Å². The number of hydrogen-bond acceptors (Lipinski definition) is 8. The minimum absolute atomic E-state index is 0.143. The number of aromatic nitrogens is 3. The Morgan fingerprint density at radius 2 is 2.03 bits per heavy atom. The minimum atomic E-state index is -3.99. The van der Waals surface area contributed by atoms with E-state index in [1.165, 1.54) is 17.8 Å². The molecular formula is C26H31FN6O3S. The van der Waals surface area contributed by atoms with Gasteiger partial charge in [0, 0.05) is 41.7 Å². The normalized spacial score (nSPS) is 16.9. The van der Waals surface area contributed by atoms with Gasteiger partial charge in [-0.05, 0) is 48.4 Å². The number of fused-ring (bicyclic) bond motifs is 2. The van der Waals surface area contributed by atoms with Crippen LogP contribution in [0.1, 0.15) is 37.1 Å². The summed E-state index contributed by atoms with van der Waals surface area (Å²) in [6, 6.07) is 7.19. The highest BCUT2D eigenvalue weighted by atomic mass is 32.2. The number of nitrogens with zero attached hydrogens (tertiary/aromatic N) is 4. The number of nitrogens with two attached hydrogens (primary N) is 1. The molecule has 0 bridgehead atoms. The molecule has 0 saturated heterocycles. The van der Waals surface area contributed by atoms with E-state index in [4.69, 9.17) is 10.5 Å². The molecular weight excluding hydrogens is 495 g/mol. The maximum Gasteiger partial charge on any atom is 0.244 e. The highest BCUT2D eigenvalue weighted by Gasteiger charge is 2.30. The molecule has 11 heteroatoms. The molecule has 0 saturated carbocycles. The predicted molar refractivity (Wildman–Crippen MR) is 140 cm³/mol. The fourth-order valence-corrected chi connectivity index (χ4v) is 6.08. The van der Waals surface area contributed by atoms with Crippen molar-refractivity contribution in [2.45, 2.75) is 44.6 Å². The quantitative estimate of drug-likeness (QED) is 0.502. The Morgan fingerprint density at radius 3 is 2.84 bits per heavy atom. The van der Waals surface area contributed by atoms with Gasteiger partial charge >= 0.3 is 0 Å². The maximum absolute atomic E-state index is 12.6. The van der Waals surface area contributed by atoms with E-state index in [9.17, 15) is 12.8 Å². The van der Waals surface area contributed by atoms with E-state index >= 15 is 0 Å². The van der Waals surface area contributed by atoms with E-state index in [-0.39, 0.29) is 22.7 Å². The zero-order valence-electron chi connectivity index (χ0n) is 21.0. The van der Waals surface area contributed by atoms with Gasteiger partial charge < -0.3 is 15.4 Å². The largest absolute Gasteiger partial charge is 0.491 e. The average Bonchev–Trinajstić information content (AvgIpc) is 3.08. The number of alkyl halides is 1. The van der Waals surface area contributed by atoms with Crippen molar-refractivity contribution in [3.05, 3.63) is 53.6 Å². The second kappa shape index (κ2) is 9.86. The van der Waals surface area contributed by atoms with Gasteiger partial charge in [0.2, 0.25) is 10.0 Å². The molecule has 196 valence electrons. The van der Waals surface area contributed by atoms with Crippen LogP contribution in [-0.2, 0) is 29.4 Å². The summed E-state index contributed by atoms with van der Waals surface area (Å²) in [5, 5.41) is 0. The summed E-state index contributed by atoms with van der Waals surface area (Å²) in [4.78, 5) is 15.4. The van der Waals surface area contributed by atoms with Crippen molar-refractivity contribution in [3.63, 3.8) is 0 Å². The molecule has 0 unspecified atom stereocenters. The Balaban J connectivity index is 1.48. The Bertz CT molecular complexity index is 1430. The number of nitrogens with one attached hydrogen (secondary N) is 1. The van der Waals surface area contributed by atoms with Gasteiger partial charge in [-0.3, -0.25) is 0 Å². The van der Waals surface area contributed by atoms with Crippen LogP contribution in [0.25, 0.3) is 11.1 Å². The second-order valence-corrected chi connectivity index (χ2v) is 12.0. The predicted octanol–water partition coefficient (Wildman–Crippen LogP) is 3.28. The molecule has 0 radical (unpaired) electrons. The zero-order chi connectivity index (χ0) is 26.2. The number of sulfonamides is 1. The maximum atomic E-state index is 12.6. The molecule has 1 aromatic carbocycles. The van der Waals surface area contributed by atoms with Gasteiger partial charge in [-0.15, -0.1) is 0 Å². The number of anilines is 2. The fraction of sp³-hybridized carbons (Fsp3) is 0.423. The van der Waals surface area contributed by atoms with Gasteiger partial charge in [-0.2, -0.15) is 0 Å². The van der Waals surface area contributed by atoms with Crippen LogP contribution in [-0.4, -0.2) is 49.7 Å². The van der Waals surface area contributed by atoms with Crippen LogP contribution in [0, 0.1) is 5.41 Å². The third-order valence-electron chi connectivity index (χ3n) is 6.94. The van der Waals surface area contributed by atoms with Crippen molar-refractivity contribution < 1.29 is 17.5 Å². The number of aryl methyl sites for hydroxylation is 1. The molecule has 0 spiro atoms. The number of rotatable bonds is 6. The molecule has 37 heavy (non-hydrogen) atoms. The van der Waals surface area contributed by atoms with E-state index in [0.29, 0.717) is 25.3 Å². The summed E-state index contributed by atoms with van der Waals surface area (Å²) in [5.41, 5.74) is 10.7. The molecule has 0 atom stereocenters. The van der Waals surface area contributed by atoms with Crippen LogP contribution in [0.3, 0.4) is 0 Å². The van der Waals surface area contributed by atoms with Crippen molar-refractivity contribution >= 4 is 21.7 Å². The SMILES string of the molecule is CC1(C)CCc2ncnc(N3CCOc4ccc(-c5cnc(N)c(S(=O)(=O)NCCF)c5)cc4C3)c2C1. The molecule has 3 aromatic rings. The number of hydrogen-bond donors (Lipinski definition) is 2. The van der Waals surface area contributed by atoms with Gasteiger partial charge in [0.05, 0.1) is 6.54 Å². The van der Waals surface area contributed by atoms with Crippen molar-refractivity contribution in [3.8, 4) is 16.9 Å². The topological polar surface area (TPSA) is 123 Å². The molecule has 2 aromatic heterocycles. The van der Waals surface area contributed by atoms with Crippen molar-refractivity contribution in [1.29, 1.82) is 0 Å². The standard InChI is InChI=1S/C26H31FN6O3S/c1-26(2)6-5-21-20(13-26)25(31-16-30-21)33-9-10-36-22-4-3-17(11-19(22)15-33)18-12-23(24(28)29-14-18)37(34,35)32-8-7-27/h3-4,11-12,14,16,32H,5-10,13,15H2,1-2H3,(H2,28,29). The van der Waals surface area contributed by atoms with Crippen LogP contribution in [0.5, 0.6) is 5.75 Å². The van der Waals surface area contributed by atoms with Crippen molar-refractivity contribution in [2.75, 3.05) is 37.0 Å². The third-order valence-corrected chi connectivity index (χ3v) is 8.43. The van der Waals surface area contributed by atoms with Crippen molar-refractivity contribution in [1.82, 2.24) is 19.7 Å². The summed E-state index contributed by atoms with van der Waals surface area (Å²) >= 11 is 0. The average molecular weight is 527 g/mol. The Kier molecular flexibility index (Phi) is 6.76. The van der Waals surface area contributed by atoms with Gasteiger partial charge in [0.1, 0.15) is 41.9 Å². The number of ether oxygens (including phenoxy) is 1. The van der Waals surface area contributed by atoms with E-state index in [2.05, 4.69) is 38.4 Å². The monoisotopic (exact) mass is 526 g/mol. The lowest BCUT2D eigenvalue weighted by molar-refractivity contribution is 0.310. The van der Waals surface area contributed by atoms with Gasteiger partial charge in [-0.25, -0.2) is 32.5 Å². The summed E-state index contributed by atoms with van der Waals surface area (Å²) < 4.78 is 46.0. The first-order valence-corrected chi connectivity index (χ1v) is 13.8. The molecule has 5 rings (SSSR count). The van der Waals surface area contributed by atoms with Crippen LogP contribution >= 0.6 is 0 Å². The van der Waals surface area contributed by atoms with Gasteiger partial charge in [0.15, 0.2) is 0 Å². The van der Waals surface area contributed by atoms with Crippen LogP contribution in [0.4, 0.5) is 16.0 Å². The molecule has 3 heterocycles. The number of nitrogen functional groups attached to an aromatic ring is 1. The molecule has 0 fully saturated rings. The summed E-state index contributed by atoms with van der Waals surface area (Å²) in [6.45, 7) is 5.19. The van der Waals surface area contributed by atoms with Crippen molar-refractivity contribution in [2.24, 2.45) is 5.41 Å². The van der Waals surface area contributed by atoms with E-state index in [1.54, 1.807) is 6.33 Å². The lowest BCUT2D eigenvalue weighted by Gasteiger charge is -2.33. The first-order valence-electron chi connectivity index (χ1n) is 12.3. The molecule has 9 nitrogen and oxygen atoms in total. The minimum Gasteiger partial charge on any atom is -0.491 e. The van der Waals surface area contributed by atoms with E-state index in [0.717, 1.165) is 47.7 Å². The zero-order valence-corrected chi connectivity index (χ0v) is 21.8. The van der Waals surface area contributed by atoms with Gasteiger partial charge in [-0.1, -0.05) is 19.9 Å². The Morgan fingerprint density at radius 1 is 1.19 bits per heavy atom. The van der Waals surface area contributed by atoms with Crippen LogP contribution in [0.2, 0.25) is 0 Å². The lowest BCUT2D eigenvalue weighted by Crippen LogP contribution is -2.31. The summed E-state index contributed by atoms with van der Waals surface area (Å²) in [6.07, 6.45) is 6.15. The lowest BCUT2D eigenvalue weighted by atomic mass is 9.76. The highest BCUT2D eigenvalue weighted by molar-refractivity contribution is 7.89. The highest BCUT2D eigenvalue weighted by Crippen LogP contribution is 2.39. The van der Waals surface area contributed by atoms with E-state index < -0.39 is 16.7 Å². The summed E-state index contributed by atoms with van der Waals surface area (Å²) in [5.74, 6) is 1.58. The smallest absolute Gasteiger partial charge is 0.244 e. The first-order chi connectivity index (χ1) is 17.7. The molecule has 1 aliphatic carbocycles. The fourth-order valence-electron chi connectivity index (χ4n) is 4.96. The Hall–Kier alpha value is -3.31. The van der Waals surface area contributed by atoms with E-state index in [1.807, 2.05) is 18.2 Å². The first kappa shape index (κ1) is 25.3. The molecule has 0 amide bonds. The summed E-state index contributed by atoms with van der Waals surface area (Å²) in [7, 11) is -3.99. The molecule has 3 N–H and O–H groups in total. The number of pyridine rings is 1. The molecule has 2 aliphatic rings. The number of benzene rings is 1. The van der Waals surface area contributed by atoms with Crippen LogP contribution in [0.15, 0.2) is 41.7 Å². The number of halogens is 1. The second-order valence-electron chi connectivity index (χ2n) is 10.3. The molecule has 1 aliphatic heterocycles. The van der Waals surface area contributed by atoms with Crippen LogP contribution < -0.4 is 20.1 Å².